The molecule has 10 aromatic carbocycles. The minimum Gasteiger partial charge on any atom is -0.488 e. The second-order valence-corrected chi connectivity index (χ2v) is 30.6. The van der Waals surface area contributed by atoms with E-state index in [1.54, 1.807) is 48.5 Å². The predicted molar refractivity (Wildman–Crippen MR) is 397 cm³/mol. The molecule has 1 unspecified atom stereocenters. The van der Waals surface area contributed by atoms with E-state index in [2.05, 4.69) is 11.8 Å². The molecular formula is C85H88N4O12. The summed E-state index contributed by atoms with van der Waals surface area (Å²) in [4.78, 5) is 129. The summed E-state index contributed by atoms with van der Waals surface area (Å²) < 4.78 is 26.9. The van der Waals surface area contributed by atoms with Crippen LogP contribution in [0.3, 0.4) is 0 Å². The van der Waals surface area contributed by atoms with Gasteiger partial charge in [-0.15, -0.1) is 0 Å². The molecule has 0 saturated heterocycles. The van der Waals surface area contributed by atoms with Gasteiger partial charge in [-0.2, -0.15) is 0 Å². The number of ether oxygens (including phenoxy) is 4. The van der Waals surface area contributed by atoms with E-state index in [0.29, 0.717) is 182 Å². The van der Waals surface area contributed by atoms with Crippen LogP contribution in [0.4, 0.5) is 0 Å². The first-order valence-corrected chi connectivity index (χ1v) is 36.3. The number of benzene rings is 10. The van der Waals surface area contributed by atoms with Crippen LogP contribution in [0.1, 0.15) is 263 Å². The summed E-state index contributed by atoms with van der Waals surface area (Å²) in [6.07, 6.45) is 3.59. The summed E-state index contributed by atoms with van der Waals surface area (Å²) in [6.45, 7) is 33.5. The highest BCUT2D eigenvalue weighted by atomic mass is 16.6. The van der Waals surface area contributed by atoms with Crippen molar-refractivity contribution in [3.63, 3.8) is 0 Å². The lowest BCUT2D eigenvalue weighted by molar-refractivity contribution is -0.0718. The molecule has 16 heteroatoms. The monoisotopic (exact) mass is 1360 g/mol. The summed E-state index contributed by atoms with van der Waals surface area (Å²) in [5.41, 5.74) is 1.03. The maximum absolute atomic E-state index is 15.7. The molecular weight excluding hydrogens is 1270 g/mol. The van der Waals surface area contributed by atoms with Crippen molar-refractivity contribution < 1.29 is 57.3 Å². The van der Waals surface area contributed by atoms with E-state index in [4.69, 9.17) is 18.9 Å². The number of nitrogens with zero attached hydrogens (tertiary/aromatic N) is 4. The van der Waals surface area contributed by atoms with Gasteiger partial charge in [0.2, 0.25) is 0 Å². The van der Waals surface area contributed by atoms with Crippen molar-refractivity contribution >= 4 is 133 Å². The lowest BCUT2D eigenvalue weighted by Crippen LogP contribution is -2.46. The van der Waals surface area contributed by atoms with Gasteiger partial charge in [0.1, 0.15) is 23.2 Å². The van der Waals surface area contributed by atoms with E-state index < -0.39 is 94.3 Å². The average Bonchev–Trinajstić information content (AvgIpc) is 0.685. The second-order valence-electron chi connectivity index (χ2n) is 30.6. The molecule has 16 nitrogen and oxygen atoms in total. The van der Waals surface area contributed by atoms with Crippen molar-refractivity contribution in [3.8, 4) is 23.3 Å². The van der Waals surface area contributed by atoms with Gasteiger partial charge in [0.15, 0.2) is 0 Å². The highest BCUT2D eigenvalue weighted by Gasteiger charge is 2.45. The van der Waals surface area contributed by atoms with Crippen LogP contribution in [0.5, 0.6) is 11.5 Å². The third-order valence-corrected chi connectivity index (χ3v) is 21.6. The standard InChI is InChI=1S/C85H88N4O12/c1-18-45(19-2)86-75(90)53-34-30-51-69-61(100-42(9)40-98-83(10,11)12)38-59-67-55(77(92)88(81(59)96)47(22-5)23-6)32-28-49(73(67)69)63-43(36-57(79(86)94)65(53)71(51)63)26-27-44-37-58-66-54(76(91)87(80(58)95)46(20-3)21-4)35-31-52-70-62(101-85(16,17)41-99-84(13,14)15)39-60-68-56(33-29-50(74(68)70)64(44)72(52)66)78(93)89(82(60)97)48(24-7)25-8/h28-39,42,45-48H,18-25,40-41H2,1-17H3. The fourth-order valence-corrected chi connectivity index (χ4v) is 16.7. The smallest absolute Gasteiger partial charge is 0.261 e. The average molecular weight is 1360 g/mol. The lowest BCUT2D eigenvalue weighted by atomic mass is 9.79. The first-order valence-electron chi connectivity index (χ1n) is 36.3. The number of rotatable bonds is 20. The van der Waals surface area contributed by atoms with Crippen LogP contribution in [-0.4, -0.2) is 127 Å². The van der Waals surface area contributed by atoms with Crippen LogP contribution in [0, 0.1) is 11.8 Å². The lowest BCUT2D eigenvalue weighted by Gasteiger charge is -2.36. The number of amides is 8. The zero-order valence-electron chi connectivity index (χ0n) is 61.1. The van der Waals surface area contributed by atoms with Gasteiger partial charge in [-0.3, -0.25) is 58.0 Å². The Morgan fingerprint density at radius 1 is 0.337 bits per heavy atom. The largest absolute Gasteiger partial charge is 0.488 e. The third-order valence-electron chi connectivity index (χ3n) is 21.6. The van der Waals surface area contributed by atoms with Gasteiger partial charge >= 0.3 is 0 Å². The van der Waals surface area contributed by atoms with Crippen LogP contribution in [0.15, 0.2) is 72.8 Å². The maximum Gasteiger partial charge on any atom is 0.261 e. The number of hydrogen-bond donors (Lipinski definition) is 0. The first kappa shape index (κ1) is 68.6. The Balaban J connectivity index is 1.14. The molecule has 0 spiro atoms. The van der Waals surface area contributed by atoms with Gasteiger partial charge in [0.25, 0.3) is 47.3 Å². The number of carbonyl (C=O) groups is 8. The Morgan fingerprint density at radius 2 is 0.614 bits per heavy atom. The molecule has 4 heterocycles. The summed E-state index contributed by atoms with van der Waals surface area (Å²) >= 11 is 0. The van der Waals surface area contributed by atoms with Crippen LogP contribution in [0.2, 0.25) is 0 Å². The van der Waals surface area contributed by atoms with E-state index in [9.17, 15) is 0 Å². The molecule has 0 aromatic heterocycles. The van der Waals surface area contributed by atoms with Crippen molar-refractivity contribution in [1.82, 2.24) is 19.6 Å². The van der Waals surface area contributed by atoms with E-state index in [1.165, 1.54) is 19.6 Å². The molecule has 0 aliphatic carbocycles. The molecule has 8 amide bonds. The van der Waals surface area contributed by atoms with E-state index in [-0.39, 0.29) is 35.5 Å². The van der Waals surface area contributed by atoms with Gasteiger partial charge in [-0.1, -0.05) is 91.5 Å². The third kappa shape index (κ3) is 10.3. The van der Waals surface area contributed by atoms with Gasteiger partial charge in [0, 0.05) is 133 Å². The SMILES string of the molecule is CCC(CC)N1C(=O)c2ccc3c4c(OC(C)COC(C)(C)C)cc5c6c(ccc(c7c(C#Cc8cc9c%10c(ccc%11c%12c(OC(C)(C)COC(C)(C)C)cc%13c%14c(ccc(c8c%10%11)c%14%12)C(=O)N(C(CC)CC)C%13=O)C(=O)N(C(CC)CC)C9=O)cc(c2c37)C1=O)c64)C(=O)N(C(CC)CC)C5=O. The molecule has 4 aliphatic heterocycles. The van der Waals surface area contributed by atoms with Crippen molar-refractivity contribution in [1.29, 1.82) is 0 Å². The van der Waals surface area contributed by atoms with Crippen molar-refractivity contribution in [2.24, 2.45) is 0 Å². The number of imide groups is 4. The molecule has 520 valence electrons. The van der Waals surface area contributed by atoms with E-state index in [1.807, 2.05) is 142 Å². The predicted octanol–water partition coefficient (Wildman–Crippen LogP) is 17.9. The van der Waals surface area contributed by atoms with Gasteiger partial charge in [-0.25, -0.2) is 0 Å². The highest BCUT2D eigenvalue weighted by Crippen LogP contribution is 2.54. The molecule has 1 atom stereocenters. The zero-order valence-corrected chi connectivity index (χ0v) is 61.1. The fraction of sp³-hybridized carbons (Fsp3) is 0.412. The molecule has 0 saturated carbocycles. The Morgan fingerprint density at radius 3 is 0.931 bits per heavy atom. The van der Waals surface area contributed by atoms with Crippen LogP contribution >= 0.6 is 0 Å². The molecule has 101 heavy (non-hydrogen) atoms. The maximum atomic E-state index is 15.7. The Labute approximate surface area is 588 Å². The molecule has 10 aromatic rings. The first-order chi connectivity index (χ1) is 48.0. The Bertz CT molecular complexity index is 5370. The van der Waals surface area contributed by atoms with Gasteiger partial charge < -0.3 is 18.9 Å². The summed E-state index contributed by atoms with van der Waals surface area (Å²) in [6, 6.07) is 19.9. The number of hydrogen-bond acceptors (Lipinski definition) is 12. The van der Waals surface area contributed by atoms with Crippen LogP contribution in [-0.2, 0) is 9.47 Å². The summed E-state index contributed by atoms with van der Waals surface area (Å²) in [5.74, 6) is 4.36. The highest BCUT2D eigenvalue weighted by molar-refractivity contribution is 6.45. The summed E-state index contributed by atoms with van der Waals surface area (Å²) in [5, 5.41) is 8.47. The van der Waals surface area contributed by atoms with Crippen molar-refractivity contribution in [2.45, 2.75) is 216 Å². The summed E-state index contributed by atoms with van der Waals surface area (Å²) in [7, 11) is 0. The minimum absolute atomic E-state index is 0.155. The molecule has 0 fully saturated rings. The molecule has 0 radical (unpaired) electrons. The molecule has 14 rings (SSSR count). The van der Waals surface area contributed by atoms with E-state index >= 15 is 38.4 Å². The Hall–Kier alpha value is -9.56. The molecule has 0 bridgehead atoms. The van der Waals surface area contributed by atoms with Gasteiger partial charge in [-0.05, 0) is 184 Å². The number of fused-ring (bicyclic) bond motifs is 4. The van der Waals surface area contributed by atoms with Crippen LogP contribution in [0.25, 0.3) is 86.2 Å². The van der Waals surface area contributed by atoms with Crippen molar-refractivity contribution in [2.75, 3.05) is 13.2 Å². The van der Waals surface area contributed by atoms with Crippen LogP contribution < -0.4 is 9.47 Å². The van der Waals surface area contributed by atoms with E-state index in [0.717, 1.165) is 0 Å². The second kappa shape index (κ2) is 24.6. The molecule has 4 aliphatic rings. The topological polar surface area (TPSA) is 186 Å². The Kier molecular flexibility index (Phi) is 16.7. The fourth-order valence-electron chi connectivity index (χ4n) is 16.7. The minimum atomic E-state index is -1.01. The normalized spacial score (nSPS) is 15.6. The van der Waals surface area contributed by atoms with Gasteiger partial charge in [0.05, 0.1) is 35.5 Å². The zero-order chi connectivity index (χ0) is 72.3. The molecule has 0 N–H and O–H groups in total. The quantitative estimate of drug-likeness (QED) is 0.0305. The van der Waals surface area contributed by atoms with Crippen molar-refractivity contribution in [3.05, 3.63) is 128 Å². The number of carbonyl (C=O) groups excluding carboxylic acids is 8.